The van der Waals surface area contributed by atoms with Crippen LogP contribution in [0.2, 0.25) is 0 Å². The van der Waals surface area contributed by atoms with Gasteiger partial charge in [-0.1, -0.05) is 0 Å². The molecule has 6 nitrogen and oxygen atoms in total. The summed E-state index contributed by atoms with van der Waals surface area (Å²) < 4.78 is 1.48. The SMILES string of the molecule is CN(C)C(C)(C)CNC(=O)c1cnn(C)c1N. The molecule has 0 spiro atoms. The minimum Gasteiger partial charge on any atom is -0.383 e. The Balaban J connectivity index is 2.66. The summed E-state index contributed by atoms with van der Waals surface area (Å²) in [6, 6.07) is 0. The van der Waals surface area contributed by atoms with Crippen LogP contribution >= 0.6 is 0 Å². The Hall–Kier alpha value is -1.56. The van der Waals surface area contributed by atoms with Crippen molar-refractivity contribution in [1.29, 1.82) is 0 Å². The maximum Gasteiger partial charge on any atom is 0.256 e. The second kappa shape index (κ2) is 4.75. The van der Waals surface area contributed by atoms with E-state index in [9.17, 15) is 4.79 Å². The molecule has 0 unspecified atom stereocenters. The van der Waals surface area contributed by atoms with Crippen molar-refractivity contribution in [2.75, 3.05) is 26.4 Å². The van der Waals surface area contributed by atoms with E-state index in [0.29, 0.717) is 17.9 Å². The van der Waals surface area contributed by atoms with Gasteiger partial charge >= 0.3 is 0 Å². The number of aromatic nitrogens is 2. The molecule has 3 N–H and O–H groups in total. The molecule has 0 atom stereocenters. The molecule has 1 aromatic rings. The van der Waals surface area contributed by atoms with Crippen molar-refractivity contribution in [2.24, 2.45) is 7.05 Å². The van der Waals surface area contributed by atoms with E-state index in [-0.39, 0.29) is 11.4 Å². The fourth-order valence-corrected chi connectivity index (χ4v) is 1.17. The maximum absolute atomic E-state index is 11.9. The number of hydrogen-bond donors (Lipinski definition) is 2. The molecule has 0 bridgehead atoms. The highest BCUT2D eigenvalue weighted by atomic mass is 16.1. The topological polar surface area (TPSA) is 76.2 Å². The zero-order valence-electron chi connectivity index (χ0n) is 11.1. The van der Waals surface area contributed by atoms with Crippen molar-refractivity contribution < 1.29 is 4.79 Å². The molecule has 1 amide bonds. The number of rotatable bonds is 4. The molecular weight excluding hydrogens is 218 g/mol. The number of anilines is 1. The van der Waals surface area contributed by atoms with E-state index < -0.39 is 0 Å². The van der Waals surface area contributed by atoms with E-state index in [1.54, 1.807) is 7.05 Å². The van der Waals surface area contributed by atoms with Crippen LogP contribution in [0.3, 0.4) is 0 Å². The number of amides is 1. The molecule has 1 heterocycles. The van der Waals surface area contributed by atoms with Crippen molar-refractivity contribution in [2.45, 2.75) is 19.4 Å². The fourth-order valence-electron chi connectivity index (χ4n) is 1.17. The third kappa shape index (κ3) is 2.97. The molecule has 0 aliphatic carbocycles. The minimum absolute atomic E-state index is 0.105. The quantitative estimate of drug-likeness (QED) is 0.779. The highest BCUT2D eigenvalue weighted by Crippen LogP contribution is 2.11. The first-order valence-electron chi connectivity index (χ1n) is 5.49. The second-order valence-electron chi connectivity index (χ2n) is 4.96. The first-order chi connectivity index (χ1) is 7.75. The summed E-state index contributed by atoms with van der Waals surface area (Å²) in [5.74, 6) is 0.190. The van der Waals surface area contributed by atoms with Crippen molar-refractivity contribution >= 4 is 11.7 Å². The zero-order chi connectivity index (χ0) is 13.2. The van der Waals surface area contributed by atoms with Crippen LogP contribution in [0.4, 0.5) is 5.82 Å². The van der Waals surface area contributed by atoms with Gasteiger partial charge in [-0.2, -0.15) is 5.10 Å². The van der Waals surface area contributed by atoms with Gasteiger partial charge in [0, 0.05) is 19.1 Å². The average molecular weight is 239 g/mol. The lowest BCUT2D eigenvalue weighted by molar-refractivity contribution is 0.0920. The lowest BCUT2D eigenvalue weighted by Crippen LogP contribution is -2.48. The van der Waals surface area contributed by atoms with E-state index in [0.717, 1.165) is 0 Å². The molecular formula is C11H21N5O. The molecule has 0 radical (unpaired) electrons. The number of carbonyl (C=O) groups excluding carboxylic acids is 1. The van der Waals surface area contributed by atoms with Crippen molar-refractivity contribution in [3.05, 3.63) is 11.8 Å². The Kier molecular flexibility index (Phi) is 3.77. The number of nitrogens with zero attached hydrogens (tertiary/aromatic N) is 3. The molecule has 0 saturated carbocycles. The first kappa shape index (κ1) is 13.5. The standard InChI is InChI=1S/C11H21N5O/c1-11(2,15(3)4)7-13-10(17)8-6-14-16(5)9(8)12/h6H,7,12H2,1-5H3,(H,13,17). The van der Waals surface area contributed by atoms with Crippen molar-refractivity contribution in [3.63, 3.8) is 0 Å². The van der Waals surface area contributed by atoms with Crippen LogP contribution in [0.15, 0.2) is 6.20 Å². The van der Waals surface area contributed by atoms with Gasteiger partial charge in [-0.25, -0.2) is 0 Å². The third-order valence-corrected chi connectivity index (χ3v) is 3.12. The molecule has 17 heavy (non-hydrogen) atoms. The van der Waals surface area contributed by atoms with E-state index in [4.69, 9.17) is 5.73 Å². The smallest absolute Gasteiger partial charge is 0.256 e. The number of carbonyl (C=O) groups is 1. The minimum atomic E-state index is -0.189. The Morgan fingerprint density at radius 1 is 1.59 bits per heavy atom. The Bertz CT molecular complexity index is 408. The summed E-state index contributed by atoms with van der Waals surface area (Å²) in [6.45, 7) is 4.66. The van der Waals surface area contributed by atoms with Crippen LogP contribution in [0.25, 0.3) is 0 Å². The molecule has 1 aromatic heterocycles. The molecule has 0 saturated heterocycles. The van der Waals surface area contributed by atoms with Crippen LogP contribution in [-0.4, -0.2) is 46.8 Å². The van der Waals surface area contributed by atoms with Gasteiger partial charge in [-0.3, -0.25) is 9.48 Å². The highest BCUT2D eigenvalue weighted by molar-refractivity contribution is 5.98. The van der Waals surface area contributed by atoms with E-state index in [1.165, 1.54) is 10.9 Å². The summed E-state index contributed by atoms with van der Waals surface area (Å²) in [7, 11) is 5.66. The first-order valence-corrected chi connectivity index (χ1v) is 5.49. The summed E-state index contributed by atoms with van der Waals surface area (Å²) in [4.78, 5) is 13.9. The Morgan fingerprint density at radius 2 is 2.18 bits per heavy atom. The Labute approximate surface area is 102 Å². The zero-order valence-corrected chi connectivity index (χ0v) is 11.1. The predicted octanol–water partition coefficient (Wildman–Crippen LogP) is 0.0723. The van der Waals surface area contributed by atoms with Crippen LogP contribution in [0.5, 0.6) is 0 Å². The summed E-state index contributed by atoms with van der Waals surface area (Å²) in [5, 5.41) is 6.80. The summed E-state index contributed by atoms with van der Waals surface area (Å²) >= 11 is 0. The van der Waals surface area contributed by atoms with Gasteiger partial charge in [0.1, 0.15) is 11.4 Å². The van der Waals surface area contributed by atoms with Gasteiger partial charge in [0.15, 0.2) is 0 Å². The van der Waals surface area contributed by atoms with E-state index in [2.05, 4.69) is 29.2 Å². The molecule has 0 fully saturated rings. The number of aryl methyl sites for hydroxylation is 1. The lowest BCUT2D eigenvalue weighted by Gasteiger charge is -2.32. The lowest BCUT2D eigenvalue weighted by atomic mass is 10.0. The monoisotopic (exact) mass is 239 g/mol. The van der Waals surface area contributed by atoms with Crippen LogP contribution < -0.4 is 11.1 Å². The van der Waals surface area contributed by atoms with Crippen LogP contribution in [0.1, 0.15) is 24.2 Å². The molecule has 96 valence electrons. The number of hydrogen-bond acceptors (Lipinski definition) is 4. The maximum atomic E-state index is 11.9. The molecule has 6 heteroatoms. The van der Waals surface area contributed by atoms with Gasteiger partial charge in [-0.15, -0.1) is 0 Å². The van der Waals surface area contributed by atoms with Gasteiger partial charge in [0.2, 0.25) is 0 Å². The third-order valence-electron chi connectivity index (χ3n) is 3.12. The fraction of sp³-hybridized carbons (Fsp3) is 0.636. The predicted molar refractivity (Wildman–Crippen MR) is 67.7 cm³/mol. The van der Waals surface area contributed by atoms with Gasteiger partial charge < -0.3 is 16.0 Å². The van der Waals surface area contributed by atoms with E-state index in [1.807, 2.05) is 14.1 Å². The Morgan fingerprint density at radius 3 is 2.59 bits per heavy atom. The molecule has 0 aliphatic heterocycles. The van der Waals surface area contributed by atoms with Crippen LogP contribution in [0, 0.1) is 0 Å². The average Bonchev–Trinajstić information content (AvgIpc) is 2.56. The van der Waals surface area contributed by atoms with Crippen molar-refractivity contribution in [3.8, 4) is 0 Å². The van der Waals surface area contributed by atoms with E-state index >= 15 is 0 Å². The number of likely N-dealkylation sites (N-methyl/N-ethyl adjacent to an activating group) is 1. The van der Waals surface area contributed by atoms with Crippen LogP contribution in [-0.2, 0) is 7.05 Å². The second-order valence-corrected chi connectivity index (χ2v) is 4.96. The van der Waals surface area contributed by atoms with Gasteiger partial charge in [0.05, 0.1) is 6.20 Å². The largest absolute Gasteiger partial charge is 0.383 e. The number of nitrogen functional groups attached to an aromatic ring is 1. The highest BCUT2D eigenvalue weighted by Gasteiger charge is 2.22. The van der Waals surface area contributed by atoms with Crippen molar-refractivity contribution in [1.82, 2.24) is 20.0 Å². The number of nitrogens with one attached hydrogen (secondary N) is 1. The van der Waals surface area contributed by atoms with Gasteiger partial charge in [-0.05, 0) is 27.9 Å². The van der Waals surface area contributed by atoms with Gasteiger partial charge in [0.25, 0.3) is 5.91 Å². The summed E-state index contributed by atoms with van der Waals surface area (Å²) in [6.07, 6.45) is 1.48. The molecule has 0 aromatic carbocycles. The number of nitrogens with two attached hydrogens (primary N) is 1. The normalized spacial score (nSPS) is 11.9. The molecule has 0 aliphatic rings. The summed E-state index contributed by atoms with van der Waals surface area (Å²) in [5.41, 5.74) is 6.05. The molecule has 1 rings (SSSR count).